The summed E-state index contributed by atoms with van der Waals surface area (Å²) in [5.74, 6) is -0.818. The highest BCUT2D eigenvalue weighted by Gasteiger charge is 2.01. The molecule has 3 heteroatoms. The van der Waals surface area contributed by atoms with E-state index in [-0.39, 0.29) is 6.42 Å². The van der Waals surface area contributed by atoms with Crippen LogP contribution < -0.4 is 5.73 Å². The number of rotatable bonds is 3. The number of nitrogen functional groups attached to an aromatic ring is 1. The van der Waals surface area contributed by atoms with Gasteiger partial charge in [0.2, 0.25) is 0 Å². The van der Waals surface area contributed by atoms with Crippen molar-refractivity contribution in [3.63, 3.8) is 0 Å². The lowest BCUT2D eigenvalue weighted by Crippen LogP contribution is -1.99. The van der Waals surface area contributed by atoms with E-state index in [1.807, 2.05) is 48.5 Å². The molecule has 0 atom stereocenters. The van der Waals surface area contributed by atoms with Gasteiger partial charge in [-0.1, -0.05) is 36.4 Å². The molecule has 0 radical (unpaired) electrons. The summed E-state index contributed by atoms with van der Waals surface area (Å²) in [5, 5.41) is 8.67. The molecule has 0 saturated heterocycles. The van der Waals surface area contributed by atoms with Crippen LogP contribution in [0, 0.1) is 0 Å². The molecule has 0 spiro atoms. The summed E-state index contributed by atoms with van der Waals surface area (Å²) in [6.45, 7) is 0. The number of aliphatic carboxylic acids is 1. The Morgan fingerprint density at radius 1 is 1.06 bits per heavy atom. The number of carboxylic acid groups (broad SMARTS) is 1. The van der Waals surface area contributed by atoms with Crippen molar-refractivity contribution in [3.05, 3.63) is 54.1 Å². The molecular weight excluding hydrogens is 214 g/mol. The van der Waals surface area contributed by atoms with E-state index in [4.69, 9.17) is 10.8 Å². The molecule has 0 aliphatic carbocycles. The second-order valence-corrected chi connectivity index (χ2v) is 3.89. The van der Waals surface area contributed by atoms with E-state index >= 15 is 0 Å². The molecule has 0 unspecified atom stereocenters. The highest BCUT2D eigenvalue weighted by molar-refractivity contribution is 5.71. The Kier molecular flexibility index (Phi) is 3.10. The predicted molar refractivity (Wildman–Crippen MR) is 67.6 cm³/mol. The van der Waals surface area contributed by atoms with Crippen LogP contribution in [0.3, 0.4) is 0 Å². The van der Waals surface area contributed by atoms with Crippen molar-refractivity contribution in [3.8, 4) is 11.1 Å². The van der Waals surface area contributed by atoms with Gasteiger partial charge in [0.25, 0.3) is 0 Å². The highest BCUT2D eigenvalue weighted by Crippen LogP contribution is 2.21. The zero-order chi connectivity index (χ0) is 12.3. The average molecular weight is 227 g/mol. The van der Waals surface area contributed by atoms with Gasteiger partial charge in [-0.25, -0.2) is 0 Å². The molecule has 3 nitrogen and oxygen atoms in total. The van der Waals surface area contributed by atoms with Crippen LogP contribution in [0.15, 0.2) is 48.5 Å². The van der Waals surface area contributed by atoms with Crippen LogP contribution in [0.1, 0.15) is 5.56 Å². The number of nitrogens with two attached hydrogens (primary N) is 1. The molecule has 86 valence electrons. The fourth-order valence-electron chi connectivity index (χ4n) is 1.71. The van der Waals surface area contributed by atoms with E-state index in [9.17, 15) is 4.79 Å². The maximum atomic E-state index is 10.6. The highest BCUT2D eigenvalue weighted by atomic mass is 16.4. The fraction of sp³-hybridized carbons (Fsp3) is 0.0714. The lowest BCUT2D eigenvalue weighted by atomic mass is 10.0. The molecule has 17 heavy (non-hydrogen) atoms. The van der Waals surface area contributed by atoms with Gasteiger partial charge in [0.1, 0.15) is 0 Å². The third-order valence-corrected chi connectivity index (χ3v) is 2.53. The van der Waals surface area contributed by atoms with Crippen LogP contribution in [0.25, 0.3) is 11.1 Å². The first-order valence-corrected chi connectivity index (χ1v) is 5.32. The van der Waals surface area contributed by atoms with Crippen molar-refractivity contribution in [1.29, 1.82) is 0 Å². The maximum absolute atomic E-state index is 10.6. The summed E-state index contributed by atoms with van der Waals surface area (Å²) >= 11 is 0. The van der Waals surface area contributed by atoms with Gasteiger partial charge in [-0.05, 0) is 28.8 Å². The second kappa shape index (κ2) is 4.70. The Morgan fingerprint density at radius 3 is 2.35 bits per heavy atom. The van der Waals surface area contributed by atoms with Gasteiger partial charge in [0.15, 0.2) is 0 Å². The van der Waals surface area contributed by atoms with Crippen LogP contribution in [-0.2, 0) is 11.2 Å². The molecule has 0 aliphatic heterocycles. The summed E-state index contributed by atoms with van der Waals surface area (Å²) in [6, 6.07) is 15.1. The van der Waals surface area contributed by atoms with E-state index < -0.39 is 5.97 Å². The minimum absolute atomic E-state index is 0.0528. The quantitative estimate of drug-likeness (QED) is 0.792. The molecular formula is C14H13NO2. The molecule has 2 rings (SSSR count). The van der Waals surface area contributed by atoms with Crippen LogP contribution in [0.2, 0.25) is 0 Å². The SMILES string of the molecule is Nc1cccc(-c2ccc(CC(=O)O)cc2)c1. The number of hydrogen-bond acceptors (Lipinski definition) is 2. The largest absolute Gasteiger partial charge is 0.481 e. The number of anilines is 1. The van der Waals surface area contributed by atoms with Gasteiger partial charge in [-0.3, -0.25) is 4.79 Å². The van der Waals surface area contributed by atoms with Gasteiger partial charge < -0.3 is 10.8 Å². The molecule has 0 aromatic heterocycles. The number of carboxylic acids is 1. The Labute approximate surface area is 99.5 Å². The maximum Gasteiger partial charge on any atom is 0.307 e. The first-order valence-electron chi connectivity index (χ1n) is 5.32. The van der Waals surface area contributed by atoms with Crippen LogP contribution in [0.4, 0.5) is 5.69 Å². The molecule has 0 aliphatic rings. The third-order valence-electron chi connectivity index (χ3n) is 2.53. The molecule has 0 bridgehead atoms. The first-order chi connectivity index (χ1) is 8.15. The summed E-state index contributed by atoms with van der Waals surface area (Å²) in [4.78, 5) is 10.6. The van der Waals surface area contributed by atoms with Crippen LogP contribution in [0.5, 0.6) is 0 Å². The summed E-state index contributed by atoms with van der Waals surface area (Å²) in [7, 11) is 0. The fourth-order valence-corrected chi connectivity index (χ4v) is 1.71. The molecule has 2 aromatic carbocycles. The van der Waals surface area contributed by atoms with Gasteiger partial charge in [-0.2, -0.15) is 0 Å². The summed E-state index contributed by atoms with van der Waals surface area (Å²) < 4.78 is 0. The van der Waals surface area contributed by atoms with Gasteiger partial charge >= 0.3 is 5.97 Å². The molecule has 0 amide bonds. The number of benzene rings is 2. The smallest absolute Gasteiger partial charge is 0.307 e. The van der Waals surface area contributed by atoms with Crippen molar-refractivity contribution < 1.29 is 9.90 Å². The second-order valence-electron chi connectivity index (χ2n) is 3.89. The minimum Gasteiger partial charge on any atom is -0.481 e. The molecule has 0 saturated carbocycles. The first kappa shape index (κ1) is 11.2. The molecule has 2 aromatic rings. The van der Waals surface area contributed by atoms with E-state index in [0.29, 0.717) is 0 Å². The number of carbonyl (C=O) groups is 1. The van der Waals surface area contributed by atoms with Gasteiger partial charge in [-0.15, -0.1) is 0 Å². The van der Waals surface area contributed by atoms with Crippen LogP contribution >= 0.6 is 0 Å². The lowest BCUT2D eigenvalue weighted by Gasteiger charge is -2.04. The monoisotopic (exact) mass is 227 g/mol. The van der Waals surface area contributed by atoms with E-state index in [2.05, 4.69) is 0 Å². The van der Waals surface area contributed by atoms with Crippen molar-refractivity contribution >= 4 is 11.7 Å². The van der Waals surface area contributed by atoms with Crippen molar-refractivity contribution in [1.82, 2.24) is 0 Å². The van der Waals surface area contributed by atoms with Gasteiger partial charge in [0.05, 0.1) is 6.42 Å². The zero-order valence-electron chi connectivity index (χ0n) is 9.26. The zero-order valence-corrected chi connectivity index (χ0v) is 9.26. The summed E-state index contributed by atoms with van der Waals surface area (Å²) in [6.07, 6.45) is 0.0528. The van der Waals surface area contributed by atoms with E-state index in [0.717, 1.165) is 22.4 Å². The van der Waals surface area contributed by atoms with Crippen molar-refractivity contribution in [2.75, 3.05) is 5.73 Å². The van der Waals surface area contributed by atoms with Crippen LogP contribution in [-0.4, -0.2) is 11.1 Å². The van der Waals surface area contributed by atoms with Gasteiger partial charge in [0, 0.05) is 5.69 Å². The third kappa shape index (κ3) is 2.84. The lowest BCUT2D eigenvalue weighted by molar-refractivity contribution is -0.136. The van der Waals surface area contributed by atoms with Crippen molar-refractivity contribution in [2.24, 2.45) is 0 Å². The Hall–Kier alpha value is -2.29. The summed E-state index contributed by atoms with van der Waals surface area (Å²) in [5.41, 5.74) is 9.30. The minimum atomic E-state index is -0.818. The topological polar surface area (TPSA) is 63.3 Å². The number of hydrogen-bond donors (Lipinski definition) is 2. The van der Waals surface area contributed by atoms with E-state index in [1.54, 1.807) is 0 Å². The standard InChI is InChI=1S/C14H13NO2/c15-13-3-1-2-12(9-13)11-6-4-10(5-7-11)8-14(16)17/h1-7,9H,8,15H2,(H,16,17). The molecule has 3 N–H and O–H groups in total. The average Bonchev–Trinajstić information content (AvgIpc) is 2.29. The molecule has 0 fully saturated rings. The Balaban J connectivity index is 2.26. The Morgan fingerprint density at radius 2 is 1.76 bits per heavy atom. The Bertz CT molecular complexity index is 532. The normalized spacial score (nSPS) is 10.1. The van der Waals surface area contributed by atoms with E-state index in [1.165, 1.54) is 0 Å². The molecule has 0 heterocycles. The predicted octanol–water partition coefficient (Wildman–Crippen LogP) is 2.56. The van der Waals surface area contributed by atoms with Crippen molar-refractivity contribution in [2.45, 2.75) is 6.42 Å².